The maximum atomic E-state index is 12.5. The molecule has 1 N–H and O–H groups in total. The van der Waals surface area contributed by atoms with Crippen molar-refractivity contribution in [1.82, 2.24) is 4.98 Å². The molecule has 0 unspecified atom stereocenters. The fraction of sp³-hybridized carbons (Fsp3) is 0.211. The molecule has 28 heavy (non-hydrogen) atoms. The number of anilines is 1. The van der Waals surface area contributed by atoms with Crippen LogP contribution in [0.5, 0.6) is 0 Å². The van der Waals surface area contributed by atoms with Crippen molar-refractivity contribution in [2.75, 3.05) is 17.7 Å². The van der Waals surface area contributed by atoms with Crippen LogP contribution >= 0.6 is 11.8 Å². The Morgan fingerprint density at radius 3 is 2.46 bits per heavy atom. The van der Waals surface area contributed by atoms with E-state index in [0.29, 0.717) is 17.3 Å². The molecule has 9 heteroatoms. The van der Waals surface area contributed by atoms with E-state index in [4.69, 9.17) is 4.74 Å². The minimum Gasteiger partial charge on any atom is -0.463 e. The van der Waals surface area contributed by atoms with Gasteiger partial charge in [-0.3, -0.25) is 4.79 Å². The number of ether oxygens (including phenoxy) is 1. The molecule has 0 spiro atoms. The maximum Gasteiger partial charge on any atom is 0.417 e. The van der Waals surface area contributed by atoms with E-state index >= 15 is 0 Å². The van der Waals surface area contributed by atoms with E-state index in [0.717, 1.165) is 29.6 Å². The maximum absolute atomic E-state index is 12.5. The van der Waals surface area contributed by atoms with Gasteiger partial charge in [0.25, 0.3) is 0 Å². The number of pyridine rings is 1. The standard InChI is InChI=1S/C19H17F3N2O3S/c1-2-27-18(26)10-5-13-3-7-15(8-4-13)24-16(25)12-28-17-9-6-14(11-23-17)19(20,21)22/h3-11H,2,12H2,1H3,(H,24,25)/b10-5+. The van der Waals surface area contributed by atoms with Gasteiger partial charge in [0.1, 0.15) is 0 Å². The number of thioether (sulfide) groups is 1. The van der Waals surface area contributed by atoms with Gasteiger partial charge >= 0.3 is 12.1 Å². The number of carbonyl (C=O) groups is 2. The number of rotatable bonds is 7. The van der Waals surface area contributed by atoms with Crippen LogP contribution in [0.1, 0.15) is 18.1 Å². The molecule has 1 aromatic heterocycles. The second-order valence-electron chi connectivity index (χ2n) is 5.43. The van der Waals surface area contributed by atoms with Gasteiger partial charge in [0.2, 0.25) is 5.91 Å². The lowest BCUT2D eigenvalue weighted by atomic mass is 10.2. The van der Waals surface area contributed by atoms with Crippen molar-refractivity contribution in [1.29, 1.82) is 0 Å². The first-order valence-electron chi connectivity index (χ1n) is 8.18. The van der Waals surface area contributed by atoms with E-state index in [2.05, 4.69) is 10.3 Å². The summed E-state index contributed by atoms with van der Waals surface area (Å²) in [6.45, 7) is 2.02. The Hall–Kier alpha value is -2.81. The number of halogens is 3. The number of hydrogen-bond donors (Lipinski definition) is 1. The highest BCUT2D eigenvalue weighted by molar-refractivity contribution is 7.99. The van der Waals surface area contributed by atoms with Gasteiger partial charge in [0.15, 0.2) is 0 Å². The molecule has 0 fully saturated rings. The Balaban J connectivity index is 1.83. The summed E-state index contributed by atoms with van der Waals surface area (Å²) in [5, 5.41) is 3.00. The summed E-state index contributed by atoms with van der Waals surface area (Å²) in [6, 6.07) is 8.93. The molecule has 2 aromatic rings. The number of nitrogens with one attached hydrogen (secondary N) is 1. The highest BCUT2D eigenvalue weighted by Gasteiger charge is 2.30. The molecule has 5 nitrogen and oxygen atoms in total. The zero-order chi connectivity index (χ0) is 20.6. The van der Waals surface area contributed by atoms with E-state index in [9.17, 15) is 22.8 Å². The lowest BCUT2D eigenvalue weighted by Gasteiger charge is -2.07. The van der Waals surface area contributed by atoms with Crippen LogP contribution in [0.3, 0.4) is 0 Å². The van der Waals surface area contributed by atoms with Gasteiger partial charge in [-0.1, -0.05) is 23.9 Å². The van der Waals surface area contributed by atoms with Gasteiger partial charge in [-0.2, -0.15) is 13.2 Å². The number of alkyl halides is 3. The van der Waals surface area contributed by atoms with Crippen molar-refractivity contribution in [2.24, 2.45) is 0 Å². The van der Waals surface area contributed by atoms with E-state index in [1.807, 2.05) is 0 Å². The first kappa shape index (κ1) is 21.5. The van der Waals surface area contributed by atoms with Crippen LogP contribution in [0.4, 0.5) is 18.9 Å². The quantitative estimate of drug-likeness (QED) is 0.416. The van der Waals surface area contributed by atoms with Gasteiger partial charge in [0.05, 0.1) is 22.9 Å². The molecule has 1 heterocycles. The second kappa shape index (κ2) is 9.93. The summed E-state index contributed by atoms with van der Waals surface area (Å²) in [4.78, 5) is 26.9. The zero-order valence-corrected chi connectivity index (χ0v) is 15.6. The van der Waals surface area contributed by atoms with Crippen LogP contribution in [0.15, 0.2) is 53.7 Å². The van der Waals surface area contributed by atoms with Crippen LogP contribution in [0.2, 0.25) is 0 Å². The van der Waals surface area contributed by atoms with Crippen LogP contribution in [0, 0.1) is 0 Å². The largest absolute Gasteiger partial charge is 0.463 e. The number of esters is 1. The Morgan fingerprint density at radius 2 is 1.89 bits per heavy atom. The van der Waals surface area contributed by atoms with Crippen LogP contribution in [-0.2, 0) is 20.5 Å². The van der Waals surface area contributed by atoms with Crippen molar-refractivity contribution >= 4 is 35.4 Å². The predicted molar refractivity (Wildman–Crippen MR) is 101 cm³/mol. The Kier molecular flexibility index (Phi) is 7.62. The smallest absolute Gasteiger partial charge is 0.417 e. The molecule has 0 aliphatic heterocycles. The Bertz CT molecular complexity index is 835. The minimum atomic E-state index is -4.44. The third kappa shape index (κ3) is 7.07. The topological polar surface area (TPSA) is 68.3 Å². The molecule has 1 aromatic carbocycles. The van der Waals surface area contributed by atoms with Crippen molar-refractivity contribution in [2.45, 2.75) is 18.1 Å². The van der Waals surface area contributed by atoms with Gasteiger partial charge in [-0.15, -0.1) is 0 Å². The molecule has 0 aliphatic carbocycles. The van der Waals surface area contributed by atoms with Gasteiger partial charge in [-0.05, 0) is 42.8 Å². The molecule has 148 valence electrons. The summed E-state index contributed by atoms with van der Waals surface area (Å²) < 4.78 is 42.2. The van der Waals surface area contributed by atoms with Gasteiger partial charge in [0, 0.05) is 18.0 Å². The minimum absolute atomic E-state index is 0.00285. The molecule has 0 saturated carbocycles. The number of hydrogen-bond acceptors (Lipinski definition) is 5. The molecule has 0 radical (unpaired) electrons. The van der Waals surface area contributed by atoms with Crippen molar-refractivity contribution in [3.05, 3.63) is 59.8 Å². The van der Waals surface area contributed by atoms with E-state index in [1.165, 1.54) is 12.1 Å². The third-order valence-electron chi connectivity index (χ3n) is 3.31. The van der Waals surface area contributed by atoms with Crippen molar-refractivity contribution < 1.29 is 27.5 Å². The van der Waals surface area contributed by atoms with Crippen LogP contribution in [0.25, 0.3) is 6.08 Å². The highest BCUT2D eigenvalue weighted by atomic mass is 32.2. The monoisotopic (exact) mass is 410 g/mol. The molecule has 1 amide bonds. The average Bonchev–Trinajstić information content (AvgIpc) is 2.66. The van der Waals surface area contributed by atoms with E-state index < -0.39 is 17.7 Å². The number of aromatic nitrogens is 1. The van der Waals surface area contributed by atoms with E-state index in [1.54, 1.807) is 37.3 Å². The molecule has 2 rings (SSSR count). The van der Waals surface area contributed by atoms with Gasteiger partial charge < -0.3 is 10.1 Å². The predicted octanol–water partition coefficient (Wildman–Crippen LogP) is 4.41. The molecule has 0 saturated heterocycles. The number of nitrogens with zero attached hydrogens (tertiary/aromatic N) is 1. The van der Waals surface area contributed by atoms with Crippen LogP contribution in [-0.4, -0.2) is 29.2 Å². The van der Waals surface area contributed by atoms with Crippen molar-refractivity contribution in [3.8, 4) is 0 Å². The number of benzene rings is 1. The molecular weight excluding hydrogens is 393 g/mol. The summed E-state index contributed by atoms with van der Waals surface area (Å²) in [7, 11) is 0. The number of carbonyl (C=O) groups excluding carboxylic acids is 2. The molecule has 0 aliphatic rings. The normalized spacial score (nSPS) is 11.4. The Morgan fingerprint density at radius 1 is 1.18 bits per heavy atom. The first-order chi connectivity index (χ1) is 13.3. The first-order valence-corrected chi connectivity index (χ1v) is 9.17. The Labute approximate surface area is 164 Å². The summed E-state index contributed by atoms with van der Waals surface area (Å²) in [5.74, 6) is -0.752. The summed E-state index contributed by atoms with van der Waals surface area (Å²) in [5.41, 5.74) is 0.479. The molecule has 0 bridgehead atoms. The fourth-order valence-corrected chi connectivity index (χ4v) is 2.64. The average molecular weight is 410 g/mol. The second-order valence-corrected chi connectivity index (χ2v) is 6.42. The zero-order valence-electron chi connectivity index (χ0n) is 14.8. The van der Waals surface area contributed by atoms with Crippen molar-refractivity contribution in [3.63, 3.8) is 0 Å². The fourth-order valence-electron chi connectivity index (χ4n) is 2.00. The lowest BCUT2D eigenvalue weighted by Crippen LogP contribution is -2.14. The summed E-state index contributed by atoms with van der Waals surface area (Å²) in [6.07, 6.45) is -0.797. The SMILES string of the molecule is CCOC(=O)/C=C/c1ccc(NC(=O)CSc2ccc(C(F)(F)F)cn2)cc1. The highest BCUT2D eigenvalue weighted by Crippen LogP contribution is 2.29. The number of amides is 1. The summed E-state index contributed by atoms with van der Waals surface area (Å²) >= 11 is 1.03. The molecular formula is C19H17F3N2O3S. The van der Waals surface area contributed by atoms with Gasteiger partial charge in [-0.25, -0.2) is 9.78 Å². The van der Waals surface area contributed by atoms with E-state index in [-0.39, 0.29) is 11.7 Å². The third-order valence-corrected chi connectivity index (χ3v) is 4.25. The molecule has 0 atom stereocenters. The van der Waals surface area contributed by atoms with Crippen LogP contribution < -0.4 is 5.32 Å². The lowest BCUT2D eigenvalue weighted by molar-refractivity contribution is -0.138.